The van der Waals surface area contributed by atoms with Crippen LogP contribution in [0, 0.1) is 25.2 Å². The second-order valence-corrected chi connectivity index (χ2v) is 3.85. The highest BCUT2D eigenvalue weighted by Crippen LogP contribution is 2.24. The maximum absolute atomic E-state index is 9.05. The molecule has 0 aliphatic rings. The molecule has 1 aromatic heterocycles. The molecule has 0 aliphatic heterocycles. The number of aryl methyl sites for hydroxylation is 2. The van der Waals surface area contributed by atoms with Crippen LogP contribution in [0.2, 0.25) is 0 Å². The molecule has 78 valence electrons. The van der Waals surface area contributed by atoms with Crippen LogP contribution in [0.5, 0.6) is 0 Å². The monoisotopic (exact) mass is 208 g/mol. The van der Waals surface area contributed by atoms with Gasteiger partial charge in [-0.05, 0) is 25.5 Å². The third kappa shape index (κ3) is 1.94. The maximum Gasteiger partial charge on any atom is 0.101 e. The Morgan fingerprint density at radius 2 is 2.00 bits per heavy atom. The number of hydrogen-bond acceptors (Lipinski definition) is 2. The van der Waals surface area contributed by atoms with Gasteiger partial charge in [-0.2, -0.15) is 5.26 Å². The normalized spacial score (nSPS) is 9.81. The number of benzene rings is 1. The first-order valence-electron chi connectivity index (χ1n) is 5.14. The summed E-state index contributed by atoms with van der Waals surface area (Å²) in [7, 11) is 0. The van der Waals surface area contributed by atoms with Crippen molar-refractivity contribution in [2.24, 2.45) is 0 Å². The van der Waals surface area contributed by atoms with Gasteiger partial charge in [0.25, 0.3) is 0 Å². The summed E-state index contributed by atoms with van der Waals surface area (Å²) in [6.45, 7) is 3.98. The highest BCUT2D eigenvalue weighted by molar-refractivity contribution is 5.70. The summed E-state index contributed by atoms with van der Waals surface area (Å²) in [5, 5.41) is 9.05. The van der Waals surface area contributed by atoms with Gasteiger partial charge in [-0.15, -0.1) is 0 Å². The van der Waals surface area contributed by atoms with E-state index in [1.54, 1.807) is 6.20 Å². The third-order valence-electron chi connectivity index (χ3n) is 2.49. The molecule has 2 heteroatoms. The zero-order valence-corrected chi connectivity index (χ0v) is 9.36. The van der Waals surface area contributed by atoms with Crippen molar-refractivity contribution >= 4 is 0 Å². The van der Waals surface area contributed by atoms with E-state index >= 15 is 0 Å². The lowest BCUT2D eigenvalue weighted by atomic mass is 10.00. The summed E-state index contributed by atoms with van der Waals surface area (Å²) in [4.78, 5) is 4.14. The minimum Gasteiger partial charge on any atom is -0.260 e. The van der Waals surface area contributed by atoms with Gasteiger partial charge in [0.2, 0.25) is 0 Å². The van der Waals surface area contributed by atoms with Gasteiger partial charge in [-0.1, -0.05) is 29.8 Å². The predicted octanol–water partition coefficient (Wildman–Crippen LogP) is 3.24. The average molecular weight is 208 g/mol. The van der Waals surface area contributed by atoms with Crippen molar-refractivity contribution in [1.82, 2.24) is 4.98 Å². The molecular formula is C14H12N2. The van der Waals surface area contributed by atoms with Crippen molar-refractivity contribution in [2.45, 2.75) is 13.8 Å². The van der Waals surface area contributed by atoms with Crippen LogP contribution in [0.4, 0.5) is 0 Å². The van der Waals surface area contributed by atoms with E-state index in [0.29, 0.717) is 5.56 Å². The first-order valence-corrected chi connectivity index (χ1v) is 5.14. The summed E-state index contributed by atoms with van der Waals surface area (Å²) in [5.74, 6) is 0. The molecule has 0 unspecified atom stereocenters. The van der Waals surface area contributed by atoms with E-state index in [-0.39, 0.29) is 0 Å². The van der Waals surface area contributed by atoms with E-state index in [4.69, 9.17) is 5.26 Å². The van der Waals surface area contributed by atoms with Crippen molar-refractivity contribution in [3.8, 4) is 17.2 Å². The summed E-state index contributed by atoms with van der Waals surface area (Å²) in [6.07, 6.45) is 1.63. The Morgan fingerprint density at radius 3 is 2.69 bits per heavy atom. The molecule has 0 amide bonds. The molecule has 0 saturated heterocycles. The van der Waals surface area contributed by atoms with Crippen LogP contribution in [-0.4, -0.2) is 4.98 Å². The largest absolute Gasteiger partial charge is 0.260 e. The molecule has 0 N–H and O–H groups in total. The smallest absolute Gasteiger partial charge is 0.101 e. The van der Waals surface area contributed by atoms with E-state index in [0.717, 1.165) is 16.8 Å². The molecule has 0 aliphatic carbocycles. The lowest BCUT2D eigenvalue weighted by Crippen LogP contribution is -1.89. The minimum absolute atomic E-state index is 0.621. The summed E-state index contributed by atoms with van der Waals surface area (Å²) < 4.78 is 0. The van der Waals surface area contributed by atoms with E-state index in [1.165, 1.54) is 5.56 Å². The SMILES string of the molecule is Cc1cccc(-c2cc(C)ncc2C#N)c1. The fraction of sp³-hybridized carbons (Fsp3) is 0.143. The van der Waals surface area contributed by atoms with Crippen molar-refractivity contribution in [1.29, 1.82) is 5.26 Å². The van der Waals surface area contributed by atoms with Gasteiger partial charge in [0, 0.05) is 17.5 Å². The quantitative estimate of drug-likeness (QED) is 0.721. The van der Waals surface area contributed by atoms with Crippen molar-refractivity contribution in [3.63, 3.8) is 0 Å². The second-order valence-electron chi connectivity index (χ2n) is 3.85. The average Bonchev–Trinajstić information content (AvgIpc) is 2.29. The van der Waals surface area contributed by atoms with Crippen LogP contribution in [0.1, 0.15) is 16.8 Å². The zero-order chi connectivity index (χ0) is 11.5. The van der Waals surface area contributed by atoms with Crippen molar-refractivity contribution < 1.29 is 0 Å². The highest BCUT2D eigenvalue weighted by atomic mass is 14.7. The van der Waals surface area contributed by atoms with Gasteiger partial charge in [0.1, 0.15) is 6.07 Å². The molecule has 1 aromatic carbocycles. The number of hydrogen-bond donors (Lipinski definition) is 0. The van der Waals surface area contributed by atoms with Gasteiger partial charge in [-0.25, -0.2) is 0 Å². The second kappa shape index (κ2) is 4.16. The first kappa shape index (κ1) is 10.4. The first-order chi connectivity index (χ1) is 7.70. The molecule has 0 radical (unpaired) electrons. The molecule has 0 spiro atoms. The third-order valence-corrected chi connectivity index (χ3v) is 2.49. The van der Waals surface area contributed by atoms with Gasteiger partial charge in [0.15, 0.2) is 0 Å². The molecule has 0 bridgehead atoms. The number of nitrogens with zero attached hydrogens (tertiary/aromatic N) is 2. The van der Waals surface area contributed by atoms with Crippen LogP contribution >= 0.6 is 0 Å². The summed E-state index contributed by atoms with van der Waals surface area (Å²) in [5.41, 5.74) is 4.77. The van der Waals surface area contributed by atoms with E-state index < -0.39 is 0 Å². The van der Waals surface area contributed by atoms with Gasteiger partial charge in [0.05, 0.1) is 5.56 Å². The summed E-state index contributed by atoms with van der Waals surface area (Å²) in [6, 6.07) is 12.3. The number of pyridine rings is 1. The standard InChI is InChI=1S/C14H12N2/c1-10-4-3-5-12(6-10)14-7-11(2)16-9-13(14)8-15/h3-7,9H,1-2H3. The van der Waals surface area contributed by atoms with E-state index in [1.807, 2.05) is 38.1 Å². The lowest BCUT2D eigenvalue weighted by Gasteiger charge is -2.05. The van der Waals surface area contributed by atoms with E-state index in [9.17, 15) is 0 Å². The number of aromatic nitrogens is 1. The molecule has 0 atom stereocenters. The van der Waals surface area contributed by atoms with Crippen molar-refractivity contribution in [3.05, 3.63) is 53.3 Å². The Labute approximate surface area is 95.2 Å². The Morgan fingerprint density at radius 1 is 1.19 bits per heavy atom. The molecule has 2 aromatic rings. The minimum atomic E-state index is 0.621. The Kier molecular flexibility index (Phi) is 2.70. The molecule has 1 heterocycles. The summed E-state index contributed by atoms with van der Waals surface area (Å²) >= 11 is 0. The molecule has 2 nitrogen and oxygen atoms in total. The molecule has 16 heavy (non-hydrogen) atoms. The molecule has 0 fully saturated rings. The van der Waals surface area contributed by atoms with Crippen LogP contribution < -0.4 is 0 Å². The molecular weight excluding hydrogens is 196 g/mol. The maximum atomic E-state index is 9.05. The Hall–Kier alpha value is -2.14. The fourth-order valence-electron chi connectivity index (χ4n) is 1.70. The van der Waals surface area contributed by atoms with Crippen LogP contribution in [0.3, 0.4) is 0 Å². The van der Waals surface area contributed by atoms with Crippen molar-refractivity contribution in [2.75, 3.05) is 0 Å². The highest BCUT2D eigenvalue weighted by Gasteiger charge is 2.05. The van der Waals surface area contributed by atoms with Crippen LogP contribution in [-0.2, 0) is 0 Å². The number of nitriles is 1. The Bertz CT molecular complexity index is 565. The van der Waals surface area contributed by atoms with Crippen LogP contribution in [0.15, 0.2) is 36.5 Å². The Balaban J connectivity index is 2.64. The zero-order valence-electron chi connectivity index (χ0n) is 9.36. The fourth-order valence-corrected chi connectivity index (χ4v) is 1.70. The van der Waals surface area contributed by atoms with Gasteiger partial charge >= 0.3 is 0 Å². The van der Waals surface area contributed by atoms with Gasteiger partial charge in [-0.3, -0.25) is 4.98 Å². The molecule has 2 rings (SSSR count). The van der Waals surface area contributed by atoms with Gasteiger partial charge < -0.3 is 0 Å². The predicted molar refractivity (Wildman–Crippen MR) is 63.9 cm³/mol. The number of rotatable bonds is 1. The van der Waals surface area contributed by atoms with Crippen LogP contribution in [0.25, 0.3) is 11.1 Å². The molecule has 0 saturated carbocycles. The topological polar surface area (TPSA) is 36.7 Å². The van der Waals surface area contributed by atoms with E-state index in [2.05, 4.69) is 17.1 Å². The lowest BCUT2D eigenvalue weighted by molar-refractivity contribution is 1.19.